The summed E-state index contributed by atoms with van der Waals surface area (Å²) in [7, 11) is 0. The van der Waals surface area contributed by atoms with Crippen LogP contribution in [0, 0.1) is 0 Å². The van der Waals surface area contributed by atoms with E-state index < -0.39 is 0 Å². The van der Waals surface area contributed by atoms with Gasteiger partial charge < -0.3 is 11.1 Å². The maximum Gasteiger partial charge on any atom is 0.154 e. The molecule has 0 radical (unpaired) electrons. The first kappa shape index (κ1) is 33.2. The number of halogens is 6. The number of nitrogens with one attached hydrogen (secondary N) is 1. The fraction of sp³-hybridized carbons (Fsp3) is 0.273. The molecule has 0 atom stereocenters. The number of nitrogens with zero attached hydrogens (tertiary/aromatic N) is 2. The zero-order chi connectivity index (χ0) is 19.8. The van der Waals surface area contributed by atoms with Gasteiger partial charge in [0.1, 0.15) is 5.82 Å². The Kier molecular flexibility index (Phi) is 18.1. The Morgan fingerprint density at radius 3 is 2.12 bits per heavy atom. The van der Waals surface area contributed by atoms with Crippen molar-refractivity contribution in [2.45, 2.75) is 25.7 Å². The lowest BCUT2D eigenvalue weighted by atomic mass is 10.2. The van der Waals surface area contributed by atoms with Crippen molar-refractivity contribution >= 4 is 102 Å². The highest BCUT2D eigenvalue weighted by Crippen LogP contribution is 2.25. The summed E-state index contributed by atoms with van der Waals surface area (Å²) in [5.41, 5.74) is 7.45. The number of rotatable bonds is 9. The van der Waals surface area contributed by atoms with Crippen molar-refractivity contribution < 1.29 is 0 Å². The van der Waals surface area contributed by atoms with Gasteiger partial charge in [-0.05, 0) is 61.4 Å². The Morgan fingerprint density at radius 1 is 0.781 bits per heavy atom. The second-order valence-corrected chi connectivity index (χ2v) is 7.48. The van der Waals surface area contributed by atoms with Crippen LogP contribution >= 0.6 is 72.8 Å². The number of unbranched alkanes of at least 4 members (excludes halogenated alkanes) is 3. The molecule has 3 aromatic rings. The summed E-state index contributed by atoms with van der Waals surface area (Å²) < 4.78 is 0. The predicted molar refractivity (Wildman–Crippen MR) is 150 cm³/mol. The van der Waals surface area contributed by atoms with Crippen molar-refractivity contribution in [1.82, 2.24) is 9.97 Å². The number of fused-ring (bicyclic) bond motifs is 1. The van der Waals surface area contributed by atoms with Crippen LogP contribution in [0.2, 0.25) is 10.0 Å². The van der Waals surface area contributed by atoms with E-state index in [0.717, 1.165) is 61.1 Å². The lowest BCUT2D eigenvalue weighted by Crippen LogP contribution is -2.06. The number of hydrogen-bond acceptors (Lipinski definition) is 4. The molecule has 0 bridgehead atoms. The van der Waals surface area contributed by atoms with E-state index in [1.807, 2.05) is 54.6 Å². The van der Waals surface area contributed by atoms with Gasteiger partial charge in [0.05, 0.1) is 5.52 Å². The van der Waals surface area contributed by atoms with Crippen molar-refractivity contribution in [2.24, 2.45) is 5.73 Å². The minimum absolute atomic E-state index is 0. The number of hydrogen-bond donors (Lipinski definition) is 2. The van der Waals surface area contributed by atoms with Gasteiger partial charge >= 0.3 is 0 Å². The van der Waals surface area contributed by atoms with E-state index in [1.54, 1.807) is 0 Å². The molecule has 0 fully saturated rings. The SMILES string of the molecule is Cl.Cl.Cl.Cl.NCCCCCCNc1nc(/C=C/c2ccc(Cl)cc2)nc2ccc(Cl)cc12. The maximum absolute atomic E-state index is 6.18. The predicted octanol–water partition coefficient (Wildman–Crippen LogP) is 7.73. The van der Waals surface area contributed by atoms with E-state index in [4.69, 9.17) is 33.9 Å². The van der Waals surface area contributed by atoms with E-state index in [0.29, 0.717) is 15.9 Å². The summed E-state index contributed by atoms with van der Waals surface area (Å²) in [5, 5.41) is 5.76. The summed E-state index contributed by atoms with van der Waals surface area (Å²) in [4.78, 5) is 9.34. The van der Waals surface area contributed by atoms with Crippen molar-refractivity contribution in [1.29, 1.82) is 0 Å². The minimum atomic E-state index is 0. The first-order valence-electron chi connectivity index (χ1n) is 9.50. The summed E-state index contributed by atoms with van der Waals surface area (Å²) >= 11 is 12.1. The topological polar surface area (TPSA) is 63.8 Å². The van der Waals surface area contributed by atoms with Crippen LogP contribution < -0.4 is 11.1 Å². The molecule has 0 spiro atoms. The van der Waals surface area contributed by atoms with Gasteiger partial charge in [-0.15, -0.1) is 49.6 Å². The van der Waals surface area contributed by atoms with E-state index in [1.165, 1.54) is 0 Å². The highest BCUT2D eigenvalue weighted by atomic mass is 35.5. The molecule has 10 heteroatoms. The quantitative estimate of drug-likeness (QED) is 0.263. The van der Waals surface area contributed by atoms with Crippen molar-refractivity contribution in [2.75, 3.05) is 18.4 Å². The molecule has 0 aliphatic rings. The number of anilines is 1. The summed E-state index contributed by atoms with van der Waals surface area (Å²) in [6.07, 6.45) is 8.34. The first-order valence-corrected chi connectivity index (χ1v) is 10.3. The average molecular weight is 561 g/mol. The molecular weight excluding hydrogens is 533 g/mol. The Bertz CT molecular complexity index is 951. The number of aromatic nitrogens is 2. The van der Waals surface area contributed by atoms with E-state index in [-0.39, 0.29) is 49.6 Å². The van der Waals surface area contributed by atoms with Crippen LogP contribution in [-0.4, -0.2) is 23.1 Å². The molecular formula is C22H28Cl6N4. The molecule has 0 saturated heterocycles. The monoisotopic (exact) mass is 558 g/mol. The molecule has 3 rings (SSSR count). The molecule has 1 aromatic heterocycles. The Hall–Kier alpha value is -0.980. The standard InChI is InChI=1S/C22H24Cl2N4.4ClH/c23-17-8-5-16(6-9-17)7-12-21-27-20-11-10-18(24)15-19(20)22(28-21)26-14-4-2-1-3-13-25;;;;/h5-12,15H,1-4,13-14,25H2,(H,26,27,28);4*1H/b12-7+;;;;. The fourth-order valence-corrected chi connectivity index (χ4v) is 3.20. The summed E-state index contributed by atoms with van der Waals surface area (Å²) in [6.45, 7) is 1.61. The highest BCUT2D eigenvalue weighted by Gasteiger charge is 2.07. The molecule has 1 heterocycles. The highest BCUT2D eigenvalue weighted by molar-refractivity contribution is 6.31. The van der Waals surface area contributed by atoms with Crippen LogP contribution in [0.4, 0.5) is 5.82 Å². The molecule has 4 nitrogen and oxygen atoms in total. The molecule has 3 N–H and O–H groups in total. The largest absolute Gasteiger partial charge is 0.369 e. The second-order valence-electron chi connectivity index (χ2n) is 6.61. The van der Waals surface area contributed by atoms with Crippen molar-refractivity contribution in [3.63, 3.8) is 0 Å². The molecule has 0 aliphatic carbocycles. The van der Waals surface area contributed by atoms with Crippen LogP contribution in [-0.2, 0) is 0 Å². The summed E-state index contributed by atoms with van der Waals surface area (Å²) in [5.74, 6) is 1.46. The lowest BCUT2D eigenvalue weighted by Gasteiger charge is -2.10. The van der Waals surface area contributed by atoms with Crippen LogP contribution in [0.3, 0.4) is 0 Å². The maximum atomic E-state index is 6.18. The van der Waals surface area contributed by atoms with E-state index in [9.17, 15) is 0 Å². The minimum Gasteiger partial charge on any atom is -0.369 e. The average Bonchev–Trinajstić information content (AvgIpc) is 2.70. The van der Waals surface area contributed by atoms with Crippen molar-refractivity contribution in [3.05, 3.63) is 63.9 Å². The van der Waals surface area contributed by atoms with Crippen LogP contribution in [0.25, 0.3) is 23.1 Å². The molecule has 32 heavy (non-hydrogen) atoms. The fourth-order valence-electron chi connectivity index (χ4n) is 2.90. The smallest absolute Gasteiger partial charge is 0.154 e. The first-order chi connectivity index (χ1) is 13.7. The van der Waals surface area contributed by atoms with E-state index >= 15 is 0 Å². The molecule has 2 aromatic carbocycles. The molecule has 0 unspecified atom stereocenters. The van der Waals surface area contributed by atoms with Gasteiger partial charge in [0.25, 0.3) is 0 Å². The molecule has 0 aliphatic heterocycles. The Balaban J connectivity index is 0. The number of nitrogens with two attached hydrogens (primary N) is 1. The zero-order valence-electron chi connectivity index (χ0n) is 17.3. The molecule has 178 valence electrons. The van der Waals surface area contributed by atoms with Gasteiger partial charge in [-0.1, -0.05) is 54.3 Å². The van der Waals surface area contributed by atoms with Gasteiger partial charge in [-0.3, -0.25) is 0 Å². The molecule has 0 amide bonds. The van der Waals surface area contributed by atoms with Gasteiger partial charge in [0.15, 0.2) is 5.82 Å². The van der Waals surface area contributed by atoms with Crippen molar-refractivity contribution in [3.8, 4) is 0 Å². The molecule has 0 saturated carbocycles. The van der Waals surface area contributed by atoms with Gasteiger partial charge in [-0.2, -0.15) is 0 Å². The third-order valence-corrected chi connectivity index (χ3v) is 4.88. The third kappa shape index (κ3) is 10.3. The van der Waals surface area contributed by atoms with Crippen LogP contribution in [0.5, 0.6) is 0 Å². The van der Waals surface area contributed by atoms with Crippen LogP contribution in [0.15, 0.2) is 42.5 Å². The van der Waals surface area contributed by atoms with E-state index in [2.05, 4.69) is 10.3 Å². The third-order valence-electron chi connectivity index (χ3n) is 4.39. The lowest BCUT2D eigenvalue weighted by molar-refractivity contribution is 0.661. The zero-order valence-corrected chi connectivity index (χ0v) is 22.1. The Morgan fingerprint density at radius 2 is 1.44 bits per heavy atom. The van der Waals surface area contributed by atoms with Gasteiger partial charge in [0.2, 0.25) is 0 Å². The van der Waals surface area contributed by atoms with Gasteiger partial charge in [0, 0.05) is 22.0 Å². The van der Waals surface area contributed by atoms with Gasteiger partial charge in [-0.25, -0.2) is 9.97 Å². The number of benzene rings is 2. The second kappa shape index (κ2) is 17.5. The summed E-state index contributed by atoms with van der Waals surface area (Å²) in [6, 6.07) is 13.3. The van der Waals surface area contributed by atoms with Crippen LogP contribution in [0.1, 0.15) is 37.1 Å². The Labute approximate surface area is 224 Å². The normalized spacial score (nSPS) is 9.97.